The van der Waals surface area contributed by atoms with Crippen LogP contribution in [-0.4, -0.2) is 48.1 Å². The molecule has 1 heterocycles. The Bertz CT molecular complexity index is 821. The van der Waals surface area contributed by atoms with Crippen molar-refractivity contribution >= 4 is 63.8 Å². The fraction of sp³-hybridized carbons (Fsp3) is 0.176. The highest BCUT2D eigenvalue weighted by atomic mass is 127. The van der Waals surface area contributed by atoms with E-state index >= 15 is 0 Å². The molecule has 1 N–H and O–H groups in total. The predicted octanol–water partition coefficient (Wildman–Crippen LogP) is 1.66. The molecule has 0 radical (unpaired) electrons. The Morgan fingerprint density at radius 3 is 2.77 bits per heavy atom. The third-order valence-electron chi connectivity index (χ3n) is 3.34. The number of nitrogens with zero attached hydrogens (tertiary/aromatic N) is 1. The Balaban J connectivity index is 2.24. The first-order chi connectivity index (χ1) is 12.4. The van der Waals surface area contributed by atoms with E-state index in [0.29, 0.717) is 14.9 Å². The summed E-state index contributed by atoms with van der Waals surface area (Å²) in [6.45, 7) is 3.57. The maximum absolute atomic E-state index is 12.5. The number of amides is 2. The number of benzene rings is 1. The second-order valence-electron chi connectivity index (χ2n) is 5.08. The van der Waals surface area contributed by atoms with Crippen LogP contribution in [0.25, 0.3) is 6.08 Å². The highest BCUT2D eigenvalue weighted by molar-refractivity contribution is 14.1. The summed E-state index contributed by atoms with van der Waals surface area (Å²) < 4.78 is 10.6. The van der Waals surface area contributed by atoms with Gasteiger partial charge >= 0.3 is 5.97 Å². The average Bonchev–Trinajstić information content (AvgIpc) is 2.61. The number of carbonyl (C=O) groups excluding carboxylic acids is 3. The molecule has 0 saturated carbocycles. The molecule has 9 heteroatoms. The zero-order chi connectivity index (χ0) is 19.3. The molecule has 26 heavy (non-hydrogen) atoms. The van der Waals surface area contributed by atoms with E-state index in [4.69, 9.17) is 17.0 Å². The number of nitrogens with one attached hydrogen (secondary N) is 1. The molecule has 1 fully saturated rings. The van der Waals surface area contributed by atoms with Crippen LogP contribution >= 0.6 is 34.8 Å². The van der Waals surface area contributed by atoms with Gasteiger partial charge in [0.1, 0.15) is 11.3 Å². The summed E-state index contributed by atoms with van der Waals surface area (Å²) in [5, 5.41) is 2.54. The molecule has 136 valence electrons. The molecule has 0 unspecified atom stereocenters. The van der Waals surface area contributed by atoms with Gasteiger partial charge in [0.15, 0.2) is 11.7 Å². The van der Waals surface area contributed by atoms with Crippen LogP contribution < -0.4 is 10.1 Å². The van der Waals surface area contributed by atoms with Gasteiger partial charge in [-0.3, -0.25) is 19.8 Å². The Labute approximate surface area is 169 Å². The maximum Gasteiger partial charge on any atom is 0.343 e. The van der Waals surface area contributed by atoms with Gasteiger partial charge in [0.2, 0.25) is 0 Å². The zero-order valence-electron chi connectivity index (χ0n) is 13.8. The summed E-state index contributed by atoms with van der Waals surface area (Å²) in [7, 11) is 1.28. The summed E-state index contributed by atoms with van der Waals surface area (Å²) in [6.07, 6.45) is 3.00. The predicted molar refractivity (Wildman–Crippen MR) is 107 cm³/mol. The lowest BCUT2D eigenvalue weighted by Gasteiger charge is -2.27. The van der Waals surface area contributed by atoms with Crippen molar-refractivity contribution in [2.45, 2.75) is 0 Å². The van der Waals surface area contributed by atoms with Gasteiger partial charge in [-0.1, -0.05) is 12.1 Å². The van der Waals surface area contributed by atoms with Crippen LogP contribution in [0.5, 0.6) is 5.75 Å². The Kier molecular flexibility index (Phi) is 6.86. The number of esters is 1. The van der Waals surface area contributed by atoms with Crippen LogP contribution in [0.2, 0.25) is 0 Å². The van der Waals surface area contributed by atoms with Crippen molar-refractivity contribution in [3.63, 3.8) is 0 Å². The minimum absolute atomic E-state index is 0.0283. The number of thiocarbonyl (C=S) groups is 1. The first kappa shape index (κ1) is 20.0. The van der Waals surface area contributed by atoms with Gasteiger partial charge in [0.05, 0.1) is 10.7 Å². The fourth-order valence-corrected chi connectivity index (χ4v) is 3.02. The molecule has 2 amide bonds. The van der Waals surface area contributed by atoms with E-state index in [-0.39, 0.29) is 23.8 Å². The number of ether oxygens (including phenoxy) is 2. The minimum atomic E-state index is -0.554. The lowest BCUT2D eigenvalue weighted by atomic mass is 10.1. The quantitative estimate of drug-likeness (QED) is 0.165. The molecule has 1 aliphatic rings. The Hall–Kier alpha value is -2.27. The van der Waals surface area contributed by atoms with E-state index < -0.39 is 17.8 Å². The molecule has 0 atom stereocenters. The van der Waals surface area contributed by atoms with Crippen molar-refractivity contribution in [2.24, 2.45) is 0 Å². The van der Waals surface area contributed by atoms with Gasteiger partial charge < -0.3 is 9.47 Å². The number of hydrogen-bond donors (Lipinski definition) is 1. The van der Waals surface area contributed by atoms with Gasteiger partial charge in [-0.05, 0) is 58.6 Å². The third-order valence-corrected chi connectivity index (χ3v) is 4.50. The molecular weight excluding hydrogens is 471 g/mol. The SMILES string of the molecule is C=CCN1C(=O)/C(=C/c2ccc(OCC(=O)OC)c(I)c2)C(=O)NC1=S. The standard InChI is InChI=1S/C17H15IN2O5S/c1-3-6-20-16(23)11(15(22)19-17(20)26)7-10-4-5-13(12(18)8-10)25-9-14(21)24-2/h3-5,7-8H,1,6,9H2,2H3,(H,19,22,26)/b11-7+. The van der Waals surface area contributed by atoms with E-state index in [1.165, 1.54) is 24.2 Å². The number of halogens is 1. The zero-order valence-corrected chi connectivity index (χ0v) is 16.8. The number of methoxy groups -OCH3 is 1. The highest BCUT2D eigenvalue weighted by Gasteiger charge is 2.32. The van der Waals surface area contributed by atoms with Crippen LogP contribution in [-0.2, 0) is 19.1 Å². The summed E-state index contributed by atoms with van der Waals surface area (Å²) in [4.78, 5) is 37.0. The van der Waals surface area contributed by atoms with Crippen LogP contribution in [0.4, 0.5) is 0 Å². The summed E-state index contributed by atoms with van der Waals surface area (Å²) >= 11 is 7.04. The van der Waals surface area contributed by atoms with Crippen molar-refractivity contribution < 1.29 is 23.9 Å². The van der Waals surface area contributed by atoms with Crippen molar-refractivity contribution in [3.05, 3.63) is 45.6 Å². The first-order valence-corrected chi connectivity index (χ1v) is 8.85. The molecule has 0 bridgehead atoms. The van der Waals surface area contributed by atoms with Gasteiger partial charge in [0, 0.05) is 6.54 Å². The van der Waals surface area contributed by atoms with E-state index in [1.54, 1.807) is 18.2 Å². The minimum Gasteiger partial charge on any atom is -0.481 e. The number of hydrogen-bond acceptors (Lipinski definition) is 6. The average molecular weight is 486 g/mol. The van der Waals surface area contributed by atoms with Gasteiger partial charge in [0.25, 0.3) is 11.8 Å². The van der Waals surface area contributed by atoms with Crippen molar-refractivity contribution in [1.29, 1.82) is 0 Å². The third kappa shape index (κ3) is 4.67. The van der Waals surface area contributed by atoms with Crippen molar-refractivity contribution in [3.8, 4) is 5.75 Å². The smallest absolute Gasteiger partial charge is 0.343 e. The molecule has 1 aromatic rings. The fourth-order valence-electron chi connectivity index (χ4n) is 2.08. The largest absolute Gasteiger partial charge is 0.481 e. The topological polar surface area (TPSA) is 84.9 Å². The van der Waals surface area contributed by atoms with Gasteiger partial charge in [-0.2, -0.15) is 0 Å². The Morgan fingerprint density at radius 2 is 2.15 bits per heavy atom. The molecule has 2 rings (SSSR count). The lowest BCUT2D eigenvalue weighted by Crippen LogP contribution is -2.53. The molecule has 1 aromatic carbocycles. The van der Waals surface area contributed by atoms with E-state index in [1.807, 2.05) is 22.6 Å². The molecule has 0 spiro atoms. The number of carbonyl (C=O) groups is 3. The van der Waals surface area contributed by atoms with Crippen molar-refractivity contribution in [2.75, 3.05) is 20.3 Å². The summed E-state index contributed by atoms with van der Waals surface area (Å²) in [6, 6.07) is 5.05. The second kappa shape index (κ2) is 8.90. The van der Waals surface area contributed by atoms with E-state index in [9.17, 15) is 14.4 Å². The monoisotopic (exact) mass is 486 g/mol. The Morgan fingerprint density at radius 1 is 1.42 bits per heavy atom. The van der Waals surface area contributed by atoms with Crippen LogP contribution in [0.3, 0.4) is 0 Å². The van der Waals surface area contributed by atoms with Crippen LogP contribution in [0, 0.1) is 3.57 Å². The van der Waals surface area contributed by atoms with E-state index in [0.717, 1.165) is 0 Å². The summed E-state index contributed by atoms with van der Waals surface area (Å²) in [5.74, 6) is -1.04. The van der Waals surface area contributed by atoms with Crippen LogP contribution in [0.15, 0.2) is 36.4 Å². The molecule has 7 nitrogen and oxygen atoms in total. The normalized spacial score (nSPS) is 15.7. The number of rotatable bonds is 6. The molecule has 1 saturated heterocycles. The lowest BCUT2D eigenvalue weighted by molar-refractivity contribution is -0.143. The molecule has 1 aliphatic heterocycles. The summed E-state index contributed by atoms with van der Waals surface area (Å²) in [5.41, 5.74) is 0.601. The van der Waals surface area contributed by atoms with Gasteiger partial charge in [-0.25, -0.2) is 4.79 Å². The van der Waals surface area contributed by atoms with E-state index in [2.05, 4.69) is 16.6 Å². The van der Waals surface area contributed by atoms with Gasteiger partial charge in [-0.15, -0.1) is 6.58 Å². The molecule has 0 aromatic heterocycles. The first-order valence-electron chi connectivity index (χ1n) is 7.36. The van der Waals surface area contributed by atoms with Crippen molar-refractivity contribution in [1.82, 2.24) is 10.2 Å². The maximum atomic E-state index is 12.5. The molecule has 0 aliphatic carbocycles. The second-order valence-corrected chi connectivity index (χ2v) is 6.63. The molecular formula is C17H15IN2O5S. The highest BCUT2D eigenvalue weighted by Crippen LogP contribution is 2.24. The van der Waals surface area contributed by atoms with Crippen LogP contribution in [0.1, 0.15) is 5.56 Å².